The van der Waals surface area contributed by atoms with Crippen molar-refractivity contribution < 1.29 is 4.74 Å². The van der Waals surface area contributed by atoms with Crippen molar-refractivity contribution in [3.8, 4) is 5.75 Å². The average Bonchev–Trinajstić information content (AvgIpc) is 3.46. The van der Waals surface area contributed by atoms with Crippen LogP contribution in [0.3, 0.4) is 0 Å². The van der Waals surface area contributed by atoms with E-state index in [2.05, 4.69) is 77.4 Å². The van der Waals surface area contributed by atoms with Gasteiger partial charge >= 0.3 is 0 Å². The molecule has 4 heteroatoms. The van der Waals surface area contributed by atoms with Crippen LogP contribution in [-0.2, 0) is 6.42 Å². The molecule has 5 rings (SSSR count). The summed E-state index contributed by atoms with van der Waals surface area (Å²) in [5, 5.41) is 0. The molecule has 1 unspecified atom stereocenters. The Morgan fingerprint density at radius 1 is 1.03 bits per heavy atom. The molecule has 3 heterocycles. The largest absolute Gasteiger partial charge is 0.497 e. The molecule has 0 radical (unpaired) electrons. The number of pyridine rings is 1. The van der Waals surface area contributed by atoms with Crippen molar-refractivity contribution in [2.24, 2.45) is 0 Å². The van der Waals surface area contributed by atoms with Gasteiger partial charge < -0.3 is 9.64 Å². The Hall–Kier alpha value is -2.85. The van der Waals surface area contributed by atoms with Crippen molar-refractivity contribution in [3.05, 3.63) is 83.6 Å². The first-order chi connectivity index (χ1) is 14.7. The molecule has 4 nitrogen and oxygen atoms in total. The Morgan fingerprint density at radius 2 is 1.87 bits per heavy atom. The minimum atomic E-state index is 0.368. The van der Waals surface area contributed by atoms with Crippen LogP contribution in [0.2, 0.25) is 0 Å². The summed E-state index contributed by atoms with van der Waals surface area (Å²) >= 11 is 0. The Kier molecular flexibility index (Phi) is 5.17. The first-order valence-electron chi connectivity index (χ1n) is 11.0. The number of rotatable bonds is 5. The zero-order valence-electron chi connectivity index (χ0n) is 17.8. The van der Waals surface area contributed by atoms with E-state index in [4.69, 9.17) is 9.72 Å². The maximum atomic E-state index is 5.33. The second-order valence-corrected chi connectivity index (χ2v) is 8.32. The van der Waals surface area contributed by atoms with Crippen molar-refractivity contribution in [1.82, 2.24) is 9.88 Å². The van der Waals surface area contributed by atoms with Gasteiger partial charge in [-0.25, -0.2) is 4.98 Å². The number of anilines is 2. The van der Waals surface area contributed by atoms with E-state index in [1.807, 2.05) is 6.20 Å². The van der Waals surface area contributed by atoms with Crippen molar-refractivity contribution in [3.63, 3.8) is 0 Å². The fraction of sp³-hybridized carbons (Fsp3) is 0.346. The second-order valence-electron chi connectivity index (χ2n) is 8.32. The molecule has 0 spiro atoms. The van der Waals surface area contributed by atoms with E-state index in [1.54, 1.807) is 7.11 Å². The zero-order valence-corrected chi connectivity index (χ0v) is 17.8. The van der Waals surface area contributed by atoms with Crippen LogP contribution >= 0.6 is 0 Å². The van der Waals surface area contributed by atoms with Crippen LogP contribution < -0.4 is 9.64 Å². The second kappa shape index (κ2) is 8.11. The molecule has 2 aliphatic rings. The van der Waals surface area contributed by atoms with Gasteiger partial charge in [0.25, 0.3) is 0 Å². The molecule has 0 aliphatic carbocycles. The van der Waals surface area contributed by atoms with E-state index >= 15 is 0 Å². The van der Waals surface area contributed by atoms with E-state index in [-0.39, 0.29) is 0 Å². The summed E-state index contributed by atoms with van der Waals surface area (Å²) in [7, 11) is 1.72. The van der Waals surface area contributed by atoms with Gasteiger partial charge in [0.2, 0.25) is 0 Å². The Balaban J connectivity index is 1.40. The monoisotopic (exact) mass is 399 g/mol. The lowest BCUT2D eigenvalue weighted by Gasteiger charge is -2.32. The number of methoxy groups -OCH3 is 1. The molecule has 154 valence electrons. The van der Waals surface area contributed by atoms with Crippen LogP contribution in [0.15, 0.2) is 66.9 Å². The molecule has 1 fully saturated rings. The normalized spacial score (nSPS) is 19.7. The van der Waals surface area contributed by atoms with E-state index < -0.39 is 0 Å². The van der Waals surface area contributed by atoms with Gasteiger partial charge in [0.1, 0.15) is 11.6 Å². The highest BCUT2D eigenvalue weighted by Crippen LogP contribution is 2.40. The number of fused-ring (bicyclic) bond motifs is 1. The third-order valence-electron chi connectivity index (χ3n) is 6.71. The van der Waals surface area contributed by atoms with Crippen LogP contribution in [0, 0.1) is 0 Å². The summed E-state index contributed by atoms with van der Waals surface area (Å²) in [4.78, 5) is 9.74. The molecule has 1 aromatic heterocycles. The number of likely N-dealkylation sites (tertiary alicyclic amines) is 1. The summed E-state index contributed by atoms with van der Waals surface area (Å²) in [5.41, 5.74) is 5.44. The summed E-state index contributed by atoms with van der Waals surface area (Å²) < 4.78 is 5.33. The minimum absolute atomic E-state index is 0.368. The molecule has 30 heavy (non-hydrogen) atoms. The standard InChI is InChI=1S/C26H29N3O/c1-19(20-9-11-23(30-2)12-10-20)28-16-5-8-25(28)22-13-15-27-26(18-22)29-17-14-21-6-3-4-7-24(21)29/h3-4,6-7,9-13,15,18-19,25H,5,8,14,16-17H2,1-2H3/t19?,25-/m0/s1. The van der Waals surface area contributed by atoms with E-state index in [1.165, 1.54) is 35.2 Å². The molecule has 0 amide bonds. The van der Waals surface area contributed by atoms with Crippen LogP contribution in [0.1, 0.15) is 48.5 Å². The van der Waals surface area contributed by atoms with E-state index in [9.17, 15) is 0 Å². The number of benzene rings is 2. The fourth-order valence-corrected chi connectivity index (χ4v) is 5.05. The van der Waals surface area contributed by atoms with Crippen molar-refractivity contribution >= 4 is 11.5 Å². The number of hydrogen-bond acceptors (Lipinski definition) is 4. The molecule has 2 aromatic carbocycles. The summed E-state index contributed by atoms with van der Waals surface area (Å²) in [6, 6.07) is 22.5. The van der Waals surface area contributed by atoms with Gasteiger partial charge in [-0.3, -0.25) is 4.90 Å². The van der Waals surface area contributed by atoms with Crippen LogP contribution in [0.25, 0.3) is 0 Å². The molecule has 0 N–H and O–H groups in total. The highest BCUT2D eigenvalue weighted by Gasteiger charge is 2.31. The number of para-hydroxylation sites is 1. The smallest absolute Gasteiger partial charge is 0.133 e. The van der Waals surface area contributed by atoms with Gasteiger partial charge in [0, 0.05) is 30.5 Å². The van der Waals surface area contributed by atoms with Gasteiger partial charge in [-0.2, -0.15) is 0 Å². The SMILES string of the molecule is COc1ccc(C(C)N2CCC[C@H]2c2ccnc(N3CCc4ccccc43)c2)cc1. The van der Waals surface area contributed by atoms with Gasteiger partial charge in [-0.05, 0) is 79.8 Å². The topological polar surface area (TPSA) is 28.6 Å². The van der Waals surface area contributed by atoms with Crippen LogP contribution in [-0.4, -0.2) is 30.1 Å². The Labute approximate surface area is 179 Å². The predicted octanol–water partition coefficient (Wildman–Crippen LogP) is 5.68. The first kappa shape index (κ1) is 19.1. The van der Waals surface area contributed by atoms with E-state index in [0.29, 0.717) is 12.1 Å². The lowest BCUT2D eigenvalue weighted by atomic mass is 10.0. The van der Waals surface area contributed by atoms with Crippen LogP contribution in [0.5, 0.6) is 5.75 Å². The molecule has 0 saturated carbocycles. The molecule has 1 saturated heterocycles. The minimum Gasteiger partial charge on any atom is -0.497 e. The molecular weight excluding hydrogens is 370 g/mol. The lowest BCUT2D eigenvalue weighted by molar-refractivity contribution is 0.194. The highest BCUT2D eigenvalue weighted by atomic mass is 16.5. The van der Waals surface area contributed by atoms with Gasteiger partial charge in [0.15, 0.2) is 0 Å². The fourth-order valence-electron chi connectivity index (χ4n) is 5.05. The van der Waals surface area contributed by atoms with Gasteiger partial charge in [-0.1, -0.05) is 30.3 Å². The number of hydrogen-bond donors (Lipinski definition) is 0. The first-order valence-corrected chi connectivity index (χ1v) is 11.0. The van der Waals surface area contributed by atoms with Crippen molar-refractivity contribution in [1.29, 1.82) is 0 Å². The number of aromatic nitrogens is 1. The maximum absolute atomic E-state index is 5.33. The maximum Gasteiger partial charge on any atom is 0.133 e. The Morgan fingerprint density at radius 3 is 2.70 bits per heavy atom. The van der Waals surface area contributed by atoms with Gasteiger partial charge in [-0.15, -0.1) is 0 Å². The average molecular weight is 400 g/mol. The summed E-state index contributed by atoms with van der Waals surface area (Å²) in [6.45, 7) is 4.45. The molecule has 3 aromatic rings. The zero-order chi connectivity index (χ0) is 20.5. The summed E-state index contributed by atoms with van der Waals surface area (Å²) in [6.07, 6.45) is 5.50. The van der Waals surface area contributed by atoms with Gasteiger partial charge in [0.05, 0.1) is 7.11 Å². The van der Waals surface area contributed by atoms with Crippen molar-refractivity contribution in [2.75, 3.05) is 25.1 Å². The quantitative estimate of drug-likeness (QED) is 0.552. The van der Waals surface area contributed by atoms with Crippen LogP contribution in [0.4, 0.5) is 11.5 Å². The summed E-state index contributed by atoms with van der Waals surface area (Å²) in [5.74, 6) is 1.98. The molecule has 2 atom stereocenters. The predicted molar refractivity (Wildman–Crippen MR) is 121 cm³/mol. The number of nitrogens with zero attached hydrogens (tertiary/aromatic N) is 3. The number of ether oxygens (including phenoxy) is 1. The molecular formula is C26H29N3O. The highest BCUT2D eigenvalue weighted by molar-refractivity contribution is 5.67. The third-order valence-corrected chi connectivity index (χ3v) is 6.71. The molecule has 2 aliphatic heterocycles. The van der Waals surface area contributed by atoms with Crippen molar-refractivity contribution in [2.45, 2.75) is 38.3 Å². The third kappa shape index (κ3) is 3.46. The molecule has 0 bridgehead atoms. The van der Waals surface area contributed by atoms with E-state index in [0.717, 1.165) is 31.1 Å². The Bertz CT molecular complexity index is 1020. The lowest BCUT2D eigenvalue weighted by Crippen LogP contribution is -2.27.